The van der Waals surface area contributed by atoms with Crippen LogP contribution in [0.15, 0.2) is 47.3 Å². The van der Waals surface area contributed by atoms with Crippen LogP contribution >= 0.6 is 0 Å². The number of hydrogen-bond acceptors (Lipinski definition) is 5. The highest BCUT2D eigenvalue weighted by molar-refractivity contribution is 5.97. The maximum Gasteiger partial charge on any atom is 0.261 e. The van der Waals surface area contributed by atoms with Gasteiger partial charge < -0.3 is 10.1 Å². The average molecular weight is 475 g/mol. The quantitative estimate of drug-likeness (QED) is 0.582. The minimum atomic E-state index is -0.140. The third kappa shape index (κ3) is 5.10. The summed E-state index contributed by atoms with van der Waals surface area (Å²) in [6.45, 7) is 3.30. The molecule has 1 aromatic heterocycles. The fourth-order valence-electron chi connectivity index (χ4n) is 5.36. The smallest absolute Gasteiger partial charge is 0.261 e. The van der Waals surface area contributed by atoms with Gasteiger partial charge in [0.15, 0.2) is 0 Å². The molecule has 1 amide bonds. The molecule has 3 heterocycles. The number of fused-ring (bicyclic) bond motifs is 2. The number of methoxy groups -OCH3 is 1. The van der Waals surface area contributed by atoms with Gasteiger partial charge in [-0.15, -0.1) is 0 Å². The summed E-state index contributed by atoms with van der Waals surface area (Å²) >= 11 is 0. The first-order chi connectivity index (χ1) is 17.1. The van der Waals surface area contributed by atoms with Crippen molar-refractivity contribution in [3.8, 4) is 5.75 Å². The first kappa shape index (κ1) is 23.5. The molecular formula is C28H34N4O3. The monoisotopic (exact) mass is 474 g/mol. The standard InChI is InChI=1S/C28H34N4O3/c1-35-22-12-9-20(10-13-22)25(31-15-5-3-6-16-31)19-29-27(33)21-11-14-23-24(18-21)30-26-8-4-2-7-17-32(26)28(23)34/h9-14,18,25H,2-8,15-17,19H2,1H3,(H,29,33)/t25-/m1/s1. The van der Waals surface area contributed by atoms with Crippen molar-refractivity contribution in [1.82, 2.24) is 19.8 Å². The highest BCUT2D eigenvalue weighted by Crippen LogP contribution is 2.26. The van der Waals surface area contributed by atoms with E-state index in [4.69, 9.17) is 9.72 Å². The number of aromatic nitrogens is 2. The van der Waals surface area contributed by atoms with E-state index in [0.717, 1.165) is 56.9 Å². The summed E-state index contributed by atoms with van der Waals surface area (Å²) in [6, 6.07) is 13.5. The van der Waals surface area contributed by atoms with Crippen molar-refractivity contribution in [1.29, 1.82) is 0 Å². The summed E-state index contributed by atoms with van der Waals surface area (Å²) < 4.78 is 7.14. The first-order valence-electron chi connectivity index (χ1n) is 12.8. The fourth-order valence-corrected chi connectivity index (χ4v) is 5.36. The Kier molecular flexibility index (Phi) is 7.13. The molecule has 184 valence electrons. The number of nitrogens with one attached hydrogen (secondary N) is 1. The van der Waals surface area contributed by atoms with Crippen molar-refractivity contribution in [2.24, 2.45) is 0 Å². The summed E-state index contributed by atoms with van der Waals surface area (Å²) in [5, 5.41) is 3.73. The largest absolute Gasteiger partial charge is 0.497 e. The van der Waals surface area contributed by atoms with Crippen LogP contribution < -0.4 is 15.6 Å². The molecule has 2 aromatic carbocycles. The molecule has 3 aromatic rings. The number of carbonyl (C=O) groups is 1. The Morgan fingerprint density at radius 3 is 2.51 bits per heavy atom. The van der Waals surface area contributed by atoms with Gasteiger partial charge in [-0.2, -0.15) is 0 Å². The lowest BCUT2D eigenvalue weighted by Crippen LogP contribution is -2.40. The number of amides is 1. The molecule has 2 aliphatic heterocycles. The van der Waals surface area contributed by atoms with Crippen molar-refractivity contribution >= 4 is 16.8 Å². The minimum absolute atomic E-state index is 0.00327. The molecule has 2 aliphatic rings. The van der Waals surface area contributed by atoms with Crippen LogP contribution in [-0.4, -0.2) is 47.1 Å². The van der Waals surface area contributed by atoms with Crippen molar-refractivity contribution in [2.45, 2.75) is 57.5 Å². The molecule has 1 atom stereocenters. The molecule has 7 nitrogen and oxygen atoms in total. The lowest BCUT2D eigenvalue weighted by atomic mass is 10.0. The van der Waals surface area contributed by atoms with Gasteiger partial charge in [0.25, 0.3) is 11.5 Å². The van der Waals surface area contributed by atoms with Gasteiger partial charge in [-0.05, 0) is 74.7 Å². The van der Waals surface area contributed by atoms with Crippen molar-refractivity contribution in [3.63, 3.8) is 0 Å². The fraction of sp³-hybridized carbons (Fsp3) is 0.464. The molecule has 35 heavy (non-hydrogen) atoms. The topological polar surface area (TPSA) is 76.5 Å². The third-order valence-corrected chi connectivity index (χ3v) is 7.37. The van der Waals surface area contributed by atoms with E-state index in [1.165, 1.54) is 24.8 Å². The van der Waals surface area contributed by atoms with E-state index in [2.05, 4.69) is 22.3 Å². The van der Waals surface area contributed by atoms with Crippen LogP contribution in [0.25, 0.3) is 10.9 Å². The Morgan fingerprint density at radius 1 is 1.00 bits per heavy atom. The van der Waals surface area contributed by atoms with Crippen LogP contribution in [0.5, 0.6) is 5.75 Å². The Hall–Kier alpha value is -3.19. The lowest BCUT2D eigenvalue weighted by Gasteiger charge is -2.35. The maximum atomic E-state index is 13.2. The number of aryl methyl sites for hydroxylation is 1. The molecule has 0 radical (unpaired) electrons. The molecule has 7 heteroatoms. The van der Waals surface area contributed by atoms with E-state index in [9.17, 15) is 9.59 Å². The van der Waals surface area contributed by atoms with Gasteiger partial charge in [-0.25, -0.2) is 4.98 Å². The van der Waals surface area contributed by atoms with E-state index in [-0.39, 0.29) is 17.5 Å². The van der Waals surface area contributed by atoms with Gasteiger partial charge in [0.1, 0.15) is 11.6 Å². The third-order valence-electron chi connectivity index (χ3n) is 7.37. The summed E-state index contributed by atoms with van der Waals surface area (Å²) in [6.07, 6.45) is 7.58. The molecule has 0 aliphatic carbocycles. The highest BCUT2D eigenvalue weighted by atomic mass is 16.5. The predicted octanol–water partition coefficient (Wildman–Crippen LogP) is 4.09. The molecule has 0 spiro atoms. The number of rotatable bonds is 6. The van der Waals surface area contributed by atoms with E-state index >= 15 is 0 Å². The van der Waals surface area contributed by atoms with Crippen LogP contribution in [0, 0.1) is 0 Å². The molecule has 0 bridgehead atoms. The Morgan fingerprint density at radius 2 is 1.74 bits per heavy atom. The van der Waals surface area contributed by atoms with E-state index in [1.807, 2.05) is 16.7 Å². The van der Waals surface area contributed by atoms with Gasteiger partial charge >= 0.3 is 0 Å². The number of carbonyl (C=O) groups excluding carboxylic acids is 1. The number of hydrogen-bond donors (Lipinski definition) is 1. The van der Waals surface area contributed by atoms with Crippen LogP contribution in [0.4, 0.5) is 0 Å². The van der Waals surface area contributed by atoms with Crippen LogP contribution in [0.3, 0.4) is 0 Å². The van der Waals surface area contributed by atoms with Gasteiger partial charge in [-0.3, -0.25) is 19.1 Å². The second-order valence-electron chi connectivity index (χ2n) is 9.62. The second-order valence-corrected chi connectivity index (χ2v) is 9.62. The van der Waals surface area contributed by atoms with Gasteiger partial charge in [-0.1, -0.05) is 25.0 Å². The van der Waals surface area contributed by atoms with Gasteiger partial charge in [0.05, 0.1) is 24.1 Å². The SMILES string of the molecule is COc1ccc([C@@H](CNC(=O)c2ccc3c(=O)n4c(nc3c2)CCCCC4)N2CCCCC2)cc1. The van der Waals surface area contributed by atoms with Crippen LogP contribution in [0.2, 0.25) is 0 Å². The summed E-state index contributed by atoms with van der Waals surface area (Å²) in [5.74, 6) is 1.52. The molecular weight excluding hydrogens is 440 g/mol. The summed E-state index contributed by atoms with van der Waals surface area (Å²) in [5.41, 5.74) is 2.32. The number of nitrogens with zero attached hydrogens (tertiary/aromatic N) is 3. The predicted molar refractivity (Wildman–Crippen MR) is 137 cm³/mol. The Bertz CT molecular complexity index is 1250. The van der Waals surface area contributed by atoms with Crippen LogP contribution in [-0.2, 0) is 13.0 Å². The summed E-state index contributed by atoms with van der Waals surface area (Å²) in [7, 11) is 1.67. The Labute approximate surface area is 206 Å². The molecule has 1 saturated heterocycles. The highest BCUT2D eigenvalue weighted by Gasteiger charge is 2.23. The van der Waals surface area contributed by atoms with E-state index < -0.39 is 0 Å². The summed E-state index contributed by atoms with van der Waals surface area (Å²) in [4.78, 5) is 33.4. The van der Waals surface area contributed by atoms with Crippen molar-refractivity contribution in [2.75, 3.05) is 26.7 Å². The second kappa shape index (κ2) is 10.6. The number of ether oxygens (including phenoxy) is 1. The zero-order valence-electron chi connectivity index (χ0n) is 20.5. The molecule has 1 fully saturated rings. The van der Waals surface area contributed by atoms with Crippen molar-refractivity contribution in [3.05, 3.63) is 69.8 Å². The first-order valence-corrected chi connectivity index (χ1v) is 12.8. The molecule has 1 N–H and O–H groups in total. The normalized spacial score (nSPS) is 17.4. The van der Waals surface area contributed by atoms with Crippen LogP contribution in [0.1, 0.15) is 66.3 Å². The number of benzene rings is 2. The zero-order chi connectivity index (χ0) is 24.2. The minimum Gasteiger partial charge on any atom is -0.497 e. The lowest BCUT2D eigenvalue weighted by molar-refractivity contribution is 0.0924. The molecule has 0 saturated carbocycles. The van der Waals surface area contributed by atoms with Gasteiger partial charge in [0, 0.05) is 25.1 Å². The van der Waals surface area contributed by atoms with Gasteiger partial charge in [0.2, 0.25) is 0 Å². The zero-order valence-corrected chi connectivity index (χ0v) is 20.5. The number of likely N-dealkylation sites (tertiary alicyclic amines) is 1. The van der Waals surface area contributed by atoms with E-state index in [1.54, 1.807) is 25.3 Å². The van der Waals surface area contributed by atoms with Crippen molar-refractivity contribution < 1.29 is 9.53 Å². The number of piperidine rings is 1. The molecule has 0 unspecified atom stereocenters. The van der Waals surface area contributed by atoms with E-state index in [0.29, 0.717) is 23.0 Å². The maximum absolute atomic E-state index is 13.2. The average Bonchev–Trinajstić information content (AvgIpc) is 3.15. The Balaban J connectivity index is 1.36. The molecule has 5 rings (SSSR count).